The molecule has 3 nitrogen and oxygen atoms in total. The molecule has 2 heterocycles. The molecule has 0 unspecified atom stereocenters. The van der Waals surface area contributed by atoms with Crippen molar-refractivity contribution >= 4 is 17.2 Å². The van der Waals surface area contributed by atoms with E-state index in [1.807, 2.05) is 22.9 Å². The Labute approximate surface area is 114 Å². The molecule has 0 saturated heterocycles. The lowest BCUT2D eigenvalue weighted by atomic mass is 10.0. The summed E-state index contributed by atoms with van der Waals surface area (Å²) in [6, 6.07) is 8.39. The standard InChI is InChI=1S/C14H12FN3S/c1-18-14(16)12(9-3-2-4-11(15)7-9)13(17-18)10-5-6-19-8-10/h2-8H,16H2,1H3. The summed E-state index contributed by atoms with van der Waals surface area (Å²) >= 11 is 1.59. The molecule has 3 aromatic rings. The minimum absolute atomic E-state index is 0.281. The first-order valence-electron chi connectivity index (χ1n) is 5.78. The monoisotopic (exact) mass is 273 g/mol. The van der Waals surface area contributed by atoms with Gasteiger partial charge in [0.2, 0.25) is 0 Å². The van der Waals surface area contributed by atoms with Gasteiger partial charge in [0.25, 0.3) is 0 Å². The van der Waals surface area contributed by atoms with Crippen molar-refractivity contribution in [3.63, 3.8) is 0 Å². The zero-order valence-electron chi connectivity index (χ0n) is 10.3. The highest BCUT2D eigenvalue weighted by Crippen LogP contribution is 2.36. The first kappa shape index (κ1) is 11.9. The topological polar surface area (TPSA) is 43.8 Å². The van der Waals surface area contributed by atoms with Crippen LogP contribution in [-0.4, -0.2) is 9.78 Å². The van der Waals surface area contributed by atoms with Crippen molar-refractivity contribution < 1.29 is 4.39 Å². The lowest BCUT2D eigenvalue weighted by Crippen LogP contribution is -1.98. The van der Waals surface area contributed by atoms with E-state index in [1.165, 1.54) is 12.1 Å². The molecule has 0 fully saturated rings. The average molecular weight is 273 g/mol. The number of nitrogen functional groups attached to an aromatic ring is 1. The van der Waals surface area contributed by atoms with Crippen LogP contribution in [-0.2, 0) is 7.05 Å². The predicted octanol–water partition coefficient (Wildman–Crippen LogP) is 3.54. The van der Waals surface area contributed by atoms with Crippen LogP contribution < -0.4 is 5.73 Å². The summed E-state index contributed by atoms with van der Waals surface area (Å²) in [5, 5.41) is 8.42. The zero-order valence-corrected chi connectivity index (χ0v) is 11.1. The Balaban J connectivity index is 2.26. The summed E-state index contributed by atoms with van der Waals surface area (Å²) in [4.78, 5) is 0. The van der Waals surface area contributed by atoms with Crippen LogP contribution in [0.4, 0.5) is 10.2 Å². The van der Waals surface area contributed by atoms with Crippen LogP contribution in [0.1, 0.15) is 0 Å². The number of nitrogens with two attached hydrogens (primary N) is 1. The highest BCUT2D eigenvalue weighted by atomic mass is 32.1. The third-order valence-electron chi connectivity index (χ3n) is 3.00. The van der Waals surface area contributed by atoms with Gasteiger partial charge in [0.05, 0.1) is 5.56 Å². The fraction of sp³-hybridized carbons (Fsp3) is 0.0714. The van der Waals surface area contributed by atoms with Crippen molar-refractivity contribution in [3.8, 4) is 22.4 Å². The molecule has 0 bridgehead atoms. The Morgan fingerprint density at radius 3 is 2.79 bits per heavy atom. The summed E-state index contributed by atoms with van der Waals surface area (Å²) in [5.41, 5.74) is 9.37. The highest BCUT2D eigenvalue weighted by molar-refractivity contribution is 7.08. The summed E-state index contributed by atoms with van der Waals surface area (Å²) in [6.45, 7) is 0. The van der Waals surface area contributed by atoms with Gasteiger partial charge in [-0.25, -0.2) is 4.39 Å². The maximum absolute atomic E-state index is 13.4. The second-order valence-corrected chi connectivity index (χ2v) is 5.03. The largest absolute Gasteiger partial charge is 0.383 e. The van der Waals surface area contributed by atoms with Crippen LogP contribution in [0.25, 0.3) is 22.4 Å². The number of thiophene rings is 1. The van der Waals surface area contributed by atoms with Gasteiger partial charge < -0.3 is 5.73 Å². The van der Waals surface area contributed by atoms with Crippen LogP contribution in [0.5, 0.6) is 0 Å². The van der Waals surface area contributed by atoms with E-state index in [4.69, 9.17) is 5.73 Å². The first-order valence-corrected chi connectivity index (χ1v) is 6.72. The average Bonchev–Trinajstić information content (AvgIpc) is 2.99. The smallest absolute Gasteiger partial charge is 0.129 e. The zero-order chi connectivity index (χ0) is 13.4. The molecule has 0 amide bonds. The maximum Gasteiger partial charge on any atom is 0.129 e. The van der Waals surface area contributed by atoms with E-state index >= 15 is 0 Å². The molecule has 0 atom stereocenters. The van der Waals surface area contributed by atoms with Gasteiger partial charge in [0, 0.05) is 18.0 Å². The minimum atomic E-state index is -0.281. The summed E-state index contributed by atoms with van der Waals surface area (Å²) in [7, 11) is 1.79. The third-order valence-corrected chi connectivity index (χ3v) is 3.68. The van der Waals surface area contributed by atoms with E-state index in [2.05, 4.69) is 5.10 Å². The molecule has 0 saturated carbocycles. The Morgan fingerprint density at radius 2 is 2.11 bits per heavy atom. The lowest BCUT2D eigenvalue weighted by molar-refractivity contribution is 0.628. The van der Waals surface area contributed by atoms with Gasteiger partial charge in [-0.1, -0.05) is 12.1 Å². The quantitative estimate of drug-likeness (QED) is 0.776. The molecule has 2 aromatic heterocycles. The SMILES string of the molecule is Cn1nc(-c2ccsc2)c(-c2cccc(F)c2)c1N. The third kappa shape index (κ3) is 2.02. The Kier molecular flexibility index (Phi) is 2.83. The van der Waals surface area contributed by atoms with Crippen LogP contribution in [0, 0.1) is 5.82 Å². The van der Waals surface area contributed by atoms with Gasteiger partial charge in [0.15, 0.2) is 0 Å². The molecule has 19 heavy (non-hydrogen) atoms. The van der Waals surface area contributed by atoms with E-state index < -0.39 is 0 Å². The number of halogens is 1. The van der Waals surface area contributed by atoms with E-state index in [-0.39, 0.29) is 5.82 Å². The van der Waals surface area contributed by atoms with Gasteiger partial charge in [0.1, 0.15) is 17.3 Å². The molecule has 2 N–H and O–H groups in total. The van der Waals surface area contributed by atoms with E-state index in [1.54, 1.807) is 29.1 Å². The number of nitrogens with zero attached hydrogens (tertiary/aromatic N) is 2. The lowest BCUT2D eigenvalue weighted by Gasteiger charge is -2.03. The summed E-state index contributed by atoms with van der Waals surface area (Å²) in [5.74, 6) is 0.254. The molecular weight excluding hydrogens is 261 g/mol. The van der Waals surface area contributed by atoms with Gasteiger partial charge in [-0.2, -0.15) is 16.4 Å². The van der Waals surface area contributed by atoms with E-state index in [0.717, 1.165) is 22.4 Å². The fourth-order valence-corrected chi connectivity index (χ4v) is 2.71. The molecule has 0 spiro atoms. The van der Waals surface area contributed by atoms with Crippen LogP contribution in [0.3, 0.4) is 0 Å². The predicted molar refractivity (Wildman–Crippen MR) is 76.3 cm³/mol. The molecule has 5 heteroatoms. The van der Waals surface area contributed by atoms with Gasteiger partial charge >= 0.3 is 0 Å². The van der Waals surface area contributed by atoms with E-state index in [0.29, 0.717) is 5.82 Å². The number of hydrogen-bond acceptors (Lipinski definition) is 3. The molecule has 0 aliphatic rings. The van der Waals surface area contributed by atoms with Gasteiger partial charge in [-0.05, 0) is 29.1 Å². The number of hydrogen-bond donors (Lipinski definition) is 1. The molecule has 0 radical (unpaired) electrons. The Bertz CT molecular complexity index is 716. The van der Waals surface area contributed by atoms with Crippen molar-refractivity contribution in [2.24, 2.45) is 7.05 Å². The molecule has 1 aromatic carbocycles. The van der Waals surface area contributed by atoms with Crippen molar-refractivity contribution in [2.45, 2.75) is 0 Å². The number of anilines is 1. The van der Waals surface area contributed by atoms with Gasteiger partial charge in [-0.3, -0.25) is 4.68 Å². The number of aryl methyl sites for hydroxylation is 1. The molecule has 0 aliphatic carbocycles. The molecule has 0 aliphatic heterocycles. The number of benzene rings is 1. The molecular formula is C14H12FN3S. The van der Waals surface area contributed by atoms with Crippen molar-refractivity contribution in [3.05, 3.63) is 46.9 Å². The minimum Gasteiger partial charge on any atom is -0.383 e. The first-order chi connectivity index (χ1) is 9.16. The number of rotatable bonds is 2. The number of aromatic nitrogens is 2. The highest BCUT2D eigenvalue weighted by Gasteiger charge is 2.17. The van der Waals surface area contributed by atoms with Gasteiger partial charge in [-0.15, -0.1) is 0 Å². The fourth-order valence-electron chi connectivity index (χ4n) is 2.07. The normalized spacial score (nSPS) is 10.8. The Hall–Kier alpha value is -2.14. The summed E-state index contributed by atoms with van der Waals surface area (Å²) < 4.78 is 15.0. The second-order valence-electron chi connectivity index (χ2n) is 4.25. The van der Waals surface area contributed by atoms with E-state index in [9.17, 15) is 4.39 Å². The molecule has 3 rings (SSSR count). The van der Waals surface area contributed by atoms with Crippen LogP contribution >= 0.6 is 11.3 Å². The summed E-state index contributed by atoms with van der Waals surface area (Å²) in [6.07, 6.45) is 0. The second kappa shape index (κ2) is 4.51. The Morgan fingerprint density at radius 1 is 1.26 bits per heavy atom. The van der Waals surface area contributed by atoms with Crippen molar-refractivity contribution in [1.82, 2.24) is 9.78 Å². The maximum atomic E-state index is 13.4. The van der Waals surface area contributed by atoms with Crippen molar-refractivity contribution in [2.75, 3.05) is 5.73 Å². The van der Waals surface area contributed by atoms with Crippen LogP contribution in [0.2, 0.25) is 0 Å². The van der Waals surface area contributed by atoms with Crippen LogP contribution in [0.15, 0.2) is 41.1 Å². The van der Waals surface area contributed by atoms with Crippen molar-refractivity contribution in [1.29, 1.82) is 0 Å². The molecule has 96 valence electrons.